The van der Waals surface area contributed by atoms with E-state index in [1.165, 1.54) is 0 Å². The third-order valence-electron chi connectivity index (χ3n) is 2.88. The molecule has 0 aliphatic carbocycles. The summed E-state index contributed by atoms with van der Waals surface area (Å²) in [6, 6.07) is 11.8. The highest BCUT2D eigenvalue weighted by atomic mass is 35.5. The minimum absolute atomic E-state index is 0. The van der Waals surface area contributed by atoms with Crippen LogP contribution in [0.4, 0.5) is 0 Å². The Kier molecular flexibility index (Phi) is 6.91. The van der Waals surface area contributed by atoms with Crippen LogP contribution in [0.2, 0.25) is 0 Å². The lowest BCUT2D eigenvalue weighted by molar-refractivity contribution is 0.0512. The number of nitrogens with two attached hydrogens (primary N) is 1. The molecule has 0 amide bonds. The van der Waals surface area contributed by atoms with Gasteiger partial charge in [-0.1, -0.05) is 30.3 Å². The van der Waals surface area contributed by atoms with Crippen LogP contribution in [0.25, 0.3) is 0 Å². The summed E-state index contributed by atoms with van der Waals surface area (Å²) in [5, 5.41) is 4.43. The summed E-state index contributed by atoms with van der Waals surface area (Å²) in [7, 11) is 0. The quantitative estimate of drug-likeness (QED) is 0.829. The van der Waals surface area contributed by atoms with E-state index in [4.69, 9.17) is 10.5 Å². The smallest absolute Gasteiger partial charge is 0.356 e. The fourth-order valence-electron chi connectivity index (χ4n) is 2.02. The average Bonchev–Trinajstić information content (AvgIpc) is 2.83. The number of benzene rings is 1. The molecule has 5 nitrogen and oxygen atoms in total. The molecule has 114 valence electrons. The third-order valence-corrected chi connectivity index (χ3v) is 2.88. The van der Waals surface area contributed by atoms with Gasteiger partial charge < -0.3 is 10.5 Å². The van der Waals surface area contributed by atoms with Gasteiger partial charge in [0.2, 0.25) is 0 Å². The van der Waals surface area contributed by atoms with Crippen molar-refractivity contribution in [1.82, 2.24) is 9.78 Å². The van der Waals surface area contributed by atoms with Gasteiger partial charge >= 0.3 is 5.97 Å². The molecule has 0 bridgehead atoms. The summed E-state index contributed by atoms with van der Waals surface area (Å²) in [6.07, 6.45) is 0.685. The van der Waals surface area contributed by atoms with Crippen molar-refractivity contribution in [3.63, 3.8) is 0 Å². The molecule has 21 heavy (non-hydrogen) atoms. The van der Waals surface area contributed by atoms with Gasteiger partial charge in [-0.3, -0.25) is 4.68 Å². The Bertz CT molecular complexity index is 570. The lowest BCUT2D eigenvalue weighted by Crippen LogP contribution is -2.17. The van der Waals surface area contributed by atoms with Gasteiger partial charge in [0.05, 0.1) is 18.8 Å². The van der Waals surface area contributed by atoms with Crippen molar-refractivity contribution in [3.05, 3.63) is 53.3 Å². The van der Waals surface area contributed by atoms with E-state index >= 15 is 0 Å². The molecule has 6 heteroatoms. The zero-order valence-electron chi connectivity index (χ0n) is 12.0. The van der Waals surface area contributed by atoms with Crippen molar-refractivity contribution in [1.29, 1.82) is 0 Å². The molecule has 0 aliphatic rings. The first-order valence-electron chi connectivity index (χ1n) is 6.72. The number of ether oxygens (including phenoxy) is 1. The minimum Gasteiger partial charge on any atom is -0.461 e. The molecule has 2 N–H and O–H groups in total. The molecule has 2 aromatic rings. The number of carbonyl (C=O) groups is 1. The highest BCUT2D eigenvalue weighted by Crippen LogP contribution is 2.11. The number of halogens is 1. The molecule has 0 saturated heterocycles. The fraction of sp³-hybridized carbons (Fsp3) is 0.333. The molecule has 1 aromatic heterocycles. The fourth-order valence-corrected chi connectivity index (χ4v) is 2.02. The lowest BCUT2D eigenvalue weighted by Gasteiger charge is -2.04. The maximum atomic E-state index is 11.9. The molecular weight excluding hydrogens is 290 g/mol. The SMILES string of the molecule is CCOC(=O)c1cc(Cc2ccccc2)nn1CCN.Cl. The number of esters is 1. The Balaban J connectivity index is 0.00000220. The zero-order valence-corrected chi connectivity index (χ0v) is 12.8. The maximum absolute atomic E-state index is 11.9. The van der Waals surface area contributed by atoms with Crippen molar-refractivity contribution in [3.8, 4) is 0 Å². The Morgan fingerprint density at radius 1 is 1.33 bits per heavy atom. The highest BCUT2D eigenvalue weighted by Gasteiger charge is 2.16. The second-order valence-corrected chi connectivity index (χ2v) is 4.42. The number of hydrogen-bond donors (Lipinski definition) is 1. The number of rotatable bonds is 6. The summed E-state index contributed by atoms with van der Waals surface area (Å²) in [6.45, 7) is 3.06. The van der Waals surface area contributed by atoms with Crippen LogP contribution in [0, 0.1) is 0 Å². The van der Waals surface area contributed by atoms with Gasteiger partial charge in [0.25, 0.3) is 0 Å². The van der Waals surface area contributed by atoms with E-state index in [1.54, 1.807) is 17.7 Å². The molecule has 0 aliphatic heterocycles. The number of hydrogen-bond acceptors (Lipinski definition) is 4. The number of nitrogens with zero attached hydrogens (tertiary/aromatic N) is 2. The van der Waals surface area contributed by atoms with Crippen LogP contribution in [0.5, 0.6) is 0 Å². The van der Waals surface area contributed by atoms with Gasteiger partial charge in [0.1, 0.15) is 5.69 Å². The molecule has 0 radical (unpaired) electrons. The second kappa shape index (κ2) is 8.44. The van der Waals surface area contributed by atoms with E-state index < -0.39 is 0 Å². The van der Waals surface area contributed by atoms with Gasteiger partial charge in [-0.05, 0) is 18.6 Å². The van der Waals surface area contributed by atoms with Crippen molar-refractivity contribution >= 4 is 18.4 Å². The van der Waals surface area contributed by atoms with E-state index in [0.29, 0.717) is 31.8 Å². The molecule has 0 fully saturated rings. The standard InChI is InChI=1S/C15H19N3O2.ClH/c1-2-20-15(19)14-11-13(17-18(14)9-8-16)10-12-6-4-3-5-7-12;/h3-7,11H,2,8-10,16H2,1H3;1H. The van der Waals surface area contributed by atoms with E-state index in [0.717, 1.165) is 11.3 Å². The number of carbonyl (C=O) groups excluding carboxylic acids is 1. The predicted molar refractivity (Wildman–Crippen MR) is 83.7 cm³/mol. The van der Waals surface area contributed by atoms with Crippen LogP contribution in [0.1, 0.15) is 28.7 Å². The van der Waals surface area contributed by atoms with E-state index in [-0.39, 0.29) is 18.4 Å². The Labute approximate surface area is 130 Å². The first-order valence-corrected chi connectivity index (χ1v) is 6.72. The van der Waals surface area contributed by atoms with Crippen LogP contribution in [0.15, 0.2) is 36.4 Å². The van der Waals surface area contributed by atoms with E-state index in [1.807, 2.05) is 30.3 Å². The predicted octanol–water partition coefficient (Wildman–Crippen LogP) is 2.03. The van der Waals surface area contributed by atoms with Crippen LogP contribution in [-0.4, -0.2) is 28.9 Å². The van der Waals surface area contributed by atoms with Gasteiger partial charge in [-0.2, -0.15) is 5.10 Å². The first-order chi connectivity index (χ1) is 9.74. The van der Waals surface area contributed by atoms with Crippen LogP contribution < -0.4 is 5.73 Å². The Hall–Kier alpha value is -1.85. The normalized spacial score (nSPS) is 10.0. The molecule has 2 rings (SSSR count). The van der Waals surface area contributed by atoms with Gasteiger partial charge in [0.15, 0.2) is 0 Å². The van der Waals surface area contributed by atoms with Crippen LogP contribution in [-0.2, 0) is 17.7 Å². The van der Waals surface area contributed by atoms with E-state index in [9.17, 15) is 4.79 Å². The van der Waals surface area contributed by atoms with Crippen molar-refractivity contribution in [2.45, 2.75) is 19.9 Å². The minimum atomic E-state index is -0.354. The summed E-state index contributed by atoms with van der Waals surface area (Å²) >= 11 is 0. The average molecular weight is 310 g/mol. The Morgan fingerprint density at radius 3 is 2.67 bits per heavy atom. The molecular formula is C15H20ClN3O2. The monoisotopic (exact) mass is 309 g/mol. The summed E-state index contributed by atoms with van der Waals surface area (Å²) in [4.78, 5) is 11.9. The lowest BCUT2D eigenvalue weighted by atomic mass is 10.1. The highest BCUT2D eigenvalue weighted by molar-refractivity contribution is 5.87. The van der Waals surface area contributed by atoms with Crippen LogP contribution in [0.3, 0.4) is 0 Å². The van der Waals surface area contributed by atoms with Gasteiger partial charge in [-0.25, -0.2) is 4.79 Å². The molecule has 1 heterocycles. The summed E-state index contributed by atoms with van der Waals surface area (Å²) in [5.74, 6) is -0.354. The molecule has 0 spiro atoms. The summed E-state index contributed by atoms with van der Waals surface area (Å²) in [5.41, 5.74) is 8.01. The zero-order chi connectivity index (χ0) is 14.4. The summed E-state index contributed by atoms with van der Waals surface area (Å²) < 4.78 is 6.66. The van der Waals surface area contributed by atoms with Crippen molar-refractivity contribution in [2.75, 3.05) is 13.2 Å². The third kappa shape index (κ3) is 4.58. The van der Waals surface area contributed by atoms with Crippen LogP contribution >= 0.6 is 12.4 Å². The van der Waals surface area contributed by atoms with Crippen molar-refractivity contribution in [2.24, 2.45) is 5.73 Å². The topological polar surface area (TPSA) is 70.1 Å². The maximum Gasteiger partial charge on any atom is 0.356 e. The first kappa shape index (κ1) is 17.2. The van der Waals surface area contributed by atoms with Gasteiger partial charge in [-0.15, -0.1) is 12.4 Å². The molecule has 0 atom stereocenters. The van der Waals surface area contributed by atoms with Gasteiger partial charge in [0, 0.05) is 13.0 Å². The largest absolute Gasteiger partial charge is 0.461 e. The van der Waals surface area contributed by atoms with E-state index in [2.05, 4.69) is 5.10 Å². The van der Waals surface area contributed by atoms with Crippen molar-refractivity contribution < 1.29 is 9.53 Å². The second-order valence-electron chi connectivity index (χ2n) is 4.42. The molecule has 1 aromatic carbocycles. The Morgan fingerprint density at radius 2 is 2.05 bits per heavy atom. The molecule has 0 unspecified atom stereocenters. The molecule has 0 saturated carbocycles. The number of aromatic nitrogens is 2.